The highest BCUT2D eigenvalue weighted by atomic mass is 32.2. The third-order valence-corrected chi connectivity index (χ3v) is 5.09. The fraction of sp³-hybridized carbons (Fsp3) is 0.150. The van der Waals surface area contributed by atoms with E-state index in [1.165, 1.54) is 32.4 Å². The fourth-order valence-electron chi connectivity index (χ4n) is 2.71. The summed E-state index contributed by atoms with van der Waals surface area (Å²) in [6, 6.07) is 5.47. The van der Waals surface area contributed by atoms with Gasteiger partial charge in [0.15, 0.2) is 11.5 Å². The van der Waals surface area contributed by atoms with Crippen molar-refractivity contribution in [3.05, 3.63) is 52.4 Å². The van der Waals surface area contributed by atoms with Gasteiger partial charge in [0.25, 0.3) is 11.1 Å². The van der Waals surface area contributed by atoms with Crippen LogP contribution in [0.3, 0.4) is 0 Å². The van der Waals surface area contributed by atoms with Gasteiger partial charge in [0, 0.05) is 6.07 Å². The second-order valence-electron chi connectivity index (χ2n) is 6.21. The number of phenolic OH excluding ortho intramolecular Hbond substituents is 1. The van der Waals surface area contributed by atoms with Crippen molar-refractivity contribution in [2.24, 2.45) is 0 Å². The van der Waals surface area contributed by atoms with Crippen molar-refractivity contribution in [1.29, 1.82) is 0 Å². The maximum Gasteiger partial charge on any atom is 0.294 e. The van der Waals surface area contributed by atoms with E-state index in [0.29, 0.717) is 28.3 Å². The number of hydrogen-bond donors (Lipinski definition) is 2. The summed E-state index contributed by atoms with van der Waals surface area (Å²) in [5.41, 5.74) is 0.132. The highest BCUT2D eigenvalue weighted by molar-refractivity contribution is 8.18. The molecule has 11 heteroatoms. The molecule has 1 aliphatic heterocycles. The SMILES string of the molecule is COc1cc(/C=C2/SC(=O)N(CC(=O)Nc3ccc(F)cc3F)C2=O)cc(OC)c1O. The van der Waals surface area contributed by atoms with Crippen molar-refractivity contribution in [3.8, 4) is 17.2 Å². The monoisotopic (exact) mass is 450 g/mol. The summed E-state index contributed by atoms with van der Waals surface area (Å²) in [6.45, 7) is -0.652. The summed E-state index contributed by atoms with van der Waals surface area (Å²) in [4.78, 5) is 37.7. The molecule has 0 spiro atoms. The van der Waals surface area contributed by atoms with Gasteiger partial charge in [-0.2, -0.15) is 0 Å². The summed E-state index contributed by atoms with van der Waals surface area (Å²) in [7, 11) is 2.68. The van der Waals surface area contributed by atoms with Crippen LogP contribution in [0.1, 0.15) is 5.56 Å². The lowest BCUT2D eigenvalue weighted by atomic mass is 10.1. The second kappa shape index (κ2) is 9.04. The van der Waals surface area contributed by atoms with E-state index < -0.39 is 35.2 Å². The Balaban J connectivity index is 1.77. The van der Waals surface area contributed by atoms with Crippen LogP contribution in [-0.2, 0) is 9.59 Å². The molecule has 3 amide bonds. The Kier molecular flexibility index (Phi) is 6.44. The molecule has 0 atom stereocenters. The molecule has 0 saturated carbocycles. The molecule has 1 fully saturated rings. The highest BCUT2D eigenvalue weighted by Gasteiger charge is 2.36. The number of phenols is 1. The van der Waals surface area contributed by atoms with Crippen LogP contribution in [0, 0.1) is 11.6 Å². The Bertz CT molecular complexity index is 1080. The van der Waals surface area contributed by atoms with Crippen LogP contribution in [0.5, 0.6) is 17.2 Å². The number of benzene rings is 2. The Morgan fingerprint density at radius 1 is 1.16 bits per heavy atom. The van der Waals surface area contributed by atoms with Gasteiger partial charge in [0.1, 0.15) is 18.2 Å². The molecule has 1 aliphatic rings. The molecule has 0 bridgehead atoms. The number of anilines is 1. The van der Waals surface area contributed by atoms with Gasteiger partial charge in [-0.1, -0.05) is 0 Å². The first kappa shape index (κ1) is 22.1. The Labute approximate surface area is 179 Å². The molecule has 0 aromatic heterocycles. The first-order chi connectivity index (χ1) is 14.7. The summed E-state index contributed by atoms with van der Waals surface area (Å²) in [6.07, 6.45) is 1.38. The van der Waals surface area contributed by atoms with Gasteiger partial charge in [-0.25, -0.2) is 8.78 Å². The lowest BCUT2D eigenvalue weighted by Gasteiger charge is -2.13. The molecule has 2 N–H and O–H groups in total. The van der Waals surface area contributed by atoms with Crippen LogP contribution in [0.2, 0.25) is 0 Å². The Hall–Kier alpha value is -3.60. The quantitative estimate of drug-likeness (QED) is 0.650. The van der Waals surface area contributed by atoms with Crippen molar-refractivity contribution in [2.45, 2.75) is 0 Å². The topological polar surface area (TPSA) is 105 Å². The Morgan fingerprint density at radius 2 is 1.81 bits per heavy atom. The predicted molar refractivity (Wildman–Crippen MR) is 109 cm³/mol. The van der Waals surface area contributed by atoms with Gasteiger partial charge in [-0.15, -0.1) is 0 Å². The number of nitrogens with zero attached hydrogens (tertiary/aromatic N) is 1. The largest absolute Gasteiger partial charge is 0.502 e. The maximum atomic E-state index is 13.7. The molecule has 8 nitrogen and oxygen atoms in total. The molecule has 0 radical (unpaired) electrons. The number of thioether (sulfide) groups is 1. The van der Waals surface area contributed by atoms with E-state index in [2.05, 4.69) is 5.32 Å². The highest BCUT2D eigenvalue weighted by Crippen LogP contribution is 2.39. The first-order valence-electron chi connectivity index (χ1n) is 8.68. The molecule has 31 heavy (non-hydrogen) atoms. The average Bonchev–Trinajstić information content (AvgIpc) is 2.98. The van der Waals surface area contributed by atoms with E-state index >= 15 is 0 Å². The number of aromatic hydroxyl groups is 1. The van der Waals surface area contributed by atoms with Crippen LogP contribution in [0.15, 0.2) is 35.2 Å². The number of hydrogen-bond acceptors (Lipinski definition) is 7. The molecule has 0 unspecified atom stereocenters. The van der Waals surface area contributed by atoms with Crippen LogP contribution in [0.25, 0.3) is 6.08 Å². The molecular formula is C20H16F2N2O6S. The number of rotatable bonds is 6. The molecule has 1 saturated heterocycles. The number of methoxy groups -OCH3 is 2. The number of nitrogens with one attached hydrogen (secondary N) is 1. The minimum absolute atomic E-state index is 0.0283. The normalized spacial score (nSPS) is 14.8. The van der Waals surface area contributed by atoms with E-state index in [0.717, 1.165) is 12.1 Å². The van der Waals surface area contributed by atoms with Crippen molar-refractivity contribution in [1.82, 2.24) is 4.90 Å². The third-order valence-electron chi connectivity index (χ3n) is 4.18. The predicted octanol–water partition coefficient (Wildman–Crippen LogP) is 3.36. The third kappa shape index (κ3) is 4.77. The smallest absolute Gasteiger partial charge is 0.294 e. The van der Waals surface area contributed by atoms with Gasteiger partial charge in [0.05, 0.1) is 24.8 Å². The van der Waals surface area contributed by atoms with Crippen LogP contribution in [0.4, 0.5) is 19.3 Å². The maximum absolute atomic E-state index is 13.7. The molecule has 2 aromatic carbocycles. The van der Waals surface area contributed by atoms with Gasteiger partial charge in [-0.05, 0) is 47.7 Å². The molecule has 1 heterocycles. The summed E-state index contributed by atoms with van der Waals surface area (Å²) in [5, 5.41) is 11.5. The number of amides is 3. The summed E-state index contributed by atoms with van der Waals surface area (Å²) in [5.74, 6) is -3.37. The molecule has 0 aliphatic carbocycles. The standard InChI is InChI=1S/C20H16F2N2O6S/c1-29-14-5-10(6-15(30-2)18(14)26)7-16-19(27)24(20(28)31-16)9-17(25)23-13-4-3-11(21)8-12(13)22/h3-8,26H,9H2,1-2H3,(H,23,25)/b16-7+. The van der Waals surface area contributed by atoms with E-state index in [1.54, 1.807) is 0 Å². The molecule has 3 rings (SSSR count). The molecule has 2 aromatic rings. The summed E-state index contributed by atoms with van der Waals surface area (Å²) >= 11 is 0.612. The van der Waals surface area contributed by atoms with Crippen molar-refractivity contribution >= 4 is 40.6 Å². The van der Waals surface area contributed by atoms with Crippen molar-refractivity contribution in [2.75, 3.05) is 26.1 Å². The van der Waals surface area contributed by atoms with Crippen molar-refractivity contribution in [3.63, 3.8) is 0 Å². The number of halogens is 2. The van der Waals surface area contributed by atoms with E-state index in [-0.39, 0.29) is 27.8 Å². The minimum Gasteiger partial charge on any atom is -0.502 e. The zero-order valence-corrected chi connectivity index (χ0v) is 17.1. The lowest BCUT2D eigenvalue weighted by molar-refractivity contribution is -0.127. The Morgan fingerprint density at radius 3 is 2.39 bits per heavy atom. The number of carbonyl (C=O) groups excluding carboxylic acids is 3. The summed E-state index contributed by atoms with van der Waals surface area (Å²) < 4.78 is 36.8. The van der Waals surface area contributed by atoms with Gasteiger partial charge in [-0.3, -0.25) is 19.3 Å². The zero-order valence-electron chi connectivity index (χ0n) is 16.3. The van der Waals surface area contributed by atoms with Gasteiger partial charge >= 0.3 is 0 Å². The first-order valence-corrected chi connectivity index (χ1v) is 9.50. The molecular weight excluding hydrogens is 434 g/mol. The van der Waals surface area contributed by atoms with Crippen LogP contribution < -0.4 is 14.8 Å². The number of carbonyl (C=O) groups is 3. The minimum atomic E-state index is -0.988. The lowest BCUT2D eigenvalue weighted by Crippen LogP contribution is -2.36. The van der Waals surface area contributed by atoms with Gasteiger partial charge < -0.3 is 19.9 Å². The van der Waals surface area contributed by atoms with E-state index in [4.69, 9.17) is 9.47 Å². The van der Waals surface area contributed by atoms with E-state index in [9.17, 15) is 28.3 Å². The van der Waals surface area contributed by atoms with Crippen LogP contribution >= 0.6 is 11.8 Å². The molecule has 162 valence electrons. The van der Waals surface area contributed by atoms with Crippen LogP contribution in [-0.4, -0.2) is 47.8 Å². The zero-order chi connectivity index (χ0) is 22.7. The fourth-order valence-corrected chi connectivity index (χ4v) is 3.55. The van der Waals surface area contributed by atoms with Crippen molar-refractivity contribution < 1.29 is 37.7 Å². The van der Waals surface area contributed by atoms with E-state index in [1.807, 2.05) is 0 Å². The average molecular weight is 450 g/mol. The van der Waals surface area contributed by atoms with Gasteiger partial charge in [0.2, 0.25) is 11.7 Å². The number of ether oxygens (including phenoxy) is 2. The second-order valence-corrected chi connectivity index (χ2v) is 7.21. The number of imide groups is 1.